The number of aryl methyl sites for hydroxylation is 5. The molecule has 6 heteroatoms. The smallest absolute Gasteiger partial charge is 0.266 e. The maximum Gasteiger partial charge on any atom is 0.266 e. The van der Waals surface area contributed by atoms with Crippen LogP contribution in [0.1, 0.15) is 48.7 Å². The molecule has 2 amide bonds. The molecule has 0 bridgehead atoms. The van der Waals surface area contributed by atoms with Crippen molar-refractivity contribution in [1.82, 2.24) is 4.57 Å². The summed E-state index contributed by atoms with van der Waals surface area (Å²) in [6, 6.07) is 14.2. The van der Waals surface area contributed by atoms with Crippen molar-refractivity contribution in [2.75, 3.05) is 4.90 Å². The predicted molar refractivity (Wildman–Crippen MR) is 161 cm³/mol. The Morgan fingerprint density at radius 1 is 0.658 bits per heavy atom. The van der Waals surface area contributed by atoms with E-state index in [0.29, 0.717) is 16.8 Å². The Morgan fingerprint density at radius 3 is 1.68 bits per heavy atom. The van der Waals surface area contributed by atoms with Gasteiger partial charge in [0, 0.05) is 53.5 Å². The van der Waals surface area contributed by atoms with Crippen molar-refractivity contribution in [3.05, 3.63) is 84.2 Å². The molecule has 0 saturated carbocycles. The summed E-state index contributed by atoms with van der Waals surface area (Å²) in [7, 11) is 0. The SMILES string of the molecule is CCn1c2ccccc2c2cccc(N3C(=O)C(c4c(C)sc(C)c4C)=C(c4c(C)sc(C)c4C)C3=O)c21. The molecule has 0 N–H and O–H groups in total. The van der Waals surface area contributed by atoms with Crippen LogP contribution < -0.4 is 4.90 Å². The number of hydrogen-bond donors (Lipinski definition) is 0. The quantitative estimate of drug-likeness (QED) is 0.216. The largest absolute Gasteiger partial charge is 0.339 e. The van der Waals surface area contributed by atoms with E-state index in [1.54, 1.807) is 22.7 Å². The summed E-state index contributed by atoms with van der Waals surface area (Å²) in [5.74, 6) is -0.478. The van der Waals surface area contributed by atoms with Gasteiger partial charge in [0.2, 0.25) is 0 Å². The molecule has 0 atom stereocenters. The first-order chi connectivity index (χ1) is 18.2. The molecule has 0 unspecified atom stereocenters. The number of anilines is 1. The summed E-state index contributed by atoms with van der Waals surface area (Å²) in [6.07, 6.45) is 0. The minimum absolute atomic E-state index is 0.239. The molecule has 4 heterocycles. The van der Waals surface area contributed by atoms with Gasteiger partial charge in [-0.2, -0.15) is 0 Å². The third kappa shape index (κ3) is 3.26. The van der Waals surface area contributed by atoms with Gasteiger partial charge in [0.25, 0.3) is 11.8 Å². The number of fused-ring (bicyclic) bond motifs is 3. The zero-order valence-electron chi connectivity index (χ0n) is 22.8. The van der Waals surface area contributed by atoms with Gasteiger partial charge < -0.3 is 4.57 Å². The van der Waals surface area contributed by atoms with E-state index in [9.17, 15) is 9.59 Å². The number of imide groups is 1. The Bertz CT molecular complexity index is 1790. The van der Waals surface area contributed by atoms with Crippen molar-refractivity contribution in [1.29, 1.82) is 0 Å². The molecule has 6 rings (SSSR count). The zero-order valence-corrected chi connectivity index (χ0v) is 24.4. The lowest BCUT2D eigenvalue weighted by Gasteiger charge is -2.18. The molecule has 4 nitrogen and oxygen atoms in total. The van der Waals surface area contributed by atoms with Crippen LogP contribution in [-0.4, -0.2) is 16.4 Å². The number of thiophene rings is 2. The highest BCUT2D eigenvalue weighted by Crippen LogP contribution is 2.47. The third-order valence-corrected chi connectivity index (χ3v) is 10.3. The minimum atomic E-state index is -0.239. The molecule has 192 valence electrons. The van der Waals surface area contributed by atoms with Gasteiger partial charge in [0.05, 0.1) is 22.4 Å². The van der Waals surface area contributed by atoms with Crippen LogP contribution in [0.2, 0.25) is 0 Å². The van der Waals surface area contributed by atoms with Gasteiger partial charge in [-0.1, -0.05) is 30.3 Å². The van der Waals surface area contributed by atoms with Crippen molar-refractivity contribution in [2.45, 2.75) is 55.0 Å². The topological polar surface area (TPSA) is 42.3 Å². The highest BCUT2D eigenvalue weighted by molar-refractivity contribution is 7.12. The molecule has 0 aliphatic carbocycles. The highest BCUT2D eigenvalue weighted by atomic mass is 32.1. The van der Waals surface area contributed by atoms with E-state index in [0.717, 1.165) is 60.4 Å². The second-order valence-electron chi connectivity index (χ2n) is 10.1. The second-order valence-corrected chi connectivity index (χ2v) is 12.9. The van der Waals surface area contributed by atoms with Crippen LogP contribution >= 0.6 is 22.7 Å². The molecule has 1 aliphatic heterocycles. The molecular weight excluding hydrogens is 508 g/mol. The summed E-state index contributed by atoms with van der Waals surface area (Å²) in [4.78, 5) is 35.0. The van der Waals surface area contributed by atoms with Crippen LogP contribution in [0.3, 0.4) is 0 Å². The molecule has 0 fully saturated rings. The van der Waals surface area contributed by atoms with Crippen LogP contribution in [0.25, 0.3) is 33.0 Å². The Labute approximate surface area is 230 Å². The van der Waals surface area contributed by atoms with Crippen molar-refractivity contribution in [3.8, 4) is 0 Å². The van der Waals surface area contributed by atoms with Gasteiger partial charge in [-0.05, 0) is 71.7 Å². The Kier molecular flexibility index (Phi) is 5.74. The first-order valence-electron chi connectivity index (χ1n) is 12.9. The number of benzene rings is 2. The number of carbonyl (C=O) groups excluding carboxylic acids is 2. The van der Waals surface area contributed by atoms with Gasteiger partial charge in [0.15, 0.2) is 0 Å². The van der Waals surface area contributed by atoms with E-state index in [4.69, 9.17) is 0 Å². The molecule has 3 aromatic heterocycles. The fourth-order valence-electron chi connectivity index (χ4n) is 6.13. The lowest BCUT2D eigenvalue weighted by atomic mass is 9.92. The standard InChI is InChI=1S/C32H30N2O2S2/c1-8-33-24-14-10-9-12-22(24)23-13-11-15-25(30(23)33)34-31(35)28(26-16(2)18(4)37-20(26)6)29(32(34)36)27-17(3)19(5)38-21(27)7/h9-15H,8H2,1-7H3. The maximum absolute atomic E-state index is 14.5. The van der Waals surface area contributed by atoms with Crippen molar-refractivity contribution in [2.24, 2.45) is 0 Å². The molecule has 38 heavy (non-hydrogen) atoms. The van der Waals surface area contributed by atoms with E-state index in [-0.39, 0.29) is 11.8 Å². The van der Waals surface area contributed by atoms with E-state index in [1.165, 1.54) is 14.7 Å². The Morgan fingerprint density at radius 2 is 1.18 bits per heavy atom. The molecule has 0 radical (unpaired) electrons. The van der Waals surface area contributed by atoms with Crippen LogP contribution in [-0.2, 0) is 16.1 Å². The molecule has 2 aromatic carbocycles. The fraction of sp³-hybridized carbons (Fsp3) is 0.250. The van der Waals surface area contributed by atoms with E-state index in [1.807, 2.05) is 24.3 Å². The summed E-state index contributed by atoms with van der Waals surface area (Å²) in [5, 5.41) is 2.17. The van der Waals surface area contributed by atoms with Crippen LogP contribution in [0.5, 0.6) is 0 Å². The lowest BCUT2D eigenvalue weighted by Crippen LogP contribution is -2.32. The molecular formula is C32H30N2O2S2. The van der Waals surface area contributed by atoms with Gasteiger partial charge in [0.1, 0.15) is 0 Å². The molecule has 5 aromatic rings. The zero-order chi connectivity index (χ0) is 27.0. The van der Waals surface area contributed by atoms with E-state index >= 15 is 0 Å². The number of para-hydroxylation sites is 2. The third-order valence-electron chi connectivity index (χ3n) is 8.03. The first kappa shape index (κ1) is 24.8. The van der Waals surface area contributed by atoms with Gasteiger partial charge in [-0.15, -0.1) is 22.7 Å². The summed E-state index contributed by atoms with van der Waals surface area (Å²) >= 11 is 3.38. The first-order valence-corrected chi connectivity index (χ1v) is 14.6. The average Bonchev–Trinajstić information content (AvgIpc) is 3.52. The summed E-state index contributed by atoms with van der Waals surface area (Å²) in [5.41, 5.74) is 7.71. The van der Waals surface area contributed by atoms with Crippen molar-refractivity contribution in [3.63, 3.8) is 0 Å². The second kappa shape index (κ2) is 8.79. The predicted octanol–water partition coefficient (Wildman–Crippen LogP) is 8.27. The highest BCUT2D eigenvalue weighted by Gasteiger charge is 2.44. The van der Waals surface area contributed by atoms with Crippen molar-refractivity contribution >= 4 is 73.1 Å². The Hall–Kier alpha value is -3.48. The fourth-order valence-corrected chi connectivity index (χ4v) is 8.28. The number of nitrogens with zero attached hydrogens (tertiary/aromatic N) is 2. The van der Waals surface area contributed by atoms with Crippen molar-refractivity contribution < 1.29 is 9.59 Å². The van der Waals surface area contributed by atoms with Crippen LogP contribution in [0, 0.1) is 41.5 Å². The number of carbonyl (C=O) groups is 2. The Balaban J connectivity index is 1.68. The van der Waals surface area contributed by atoms with Gasteiger partial charge >= 0.3 is 0 Å². The van der Waals surface area contributed by atoms with E-state index in [2.05, 4.69) is 71.2 Å². The summed E-state index contributed by atoms with van der Waals surface area (Å²) < 4.78 is 2.22. The minimum Gasteiger partial charge on any atom is -0.339 e. The van der Waals surface area contributed by atoms with Crippen LogP contribution in [0.4, 0.5) is 5.69 Å². The molecule has 0 spiro atoms. The maximum atomic E-state index is 14.5. The van der Waals surface area contributed by atoms with Crippen LogP contribution in [0.15, 0.2) is 42.5 Å². The number of aromatic nitrogens is 1. The average molecular weight is 539 g/mol. The molecule has 1 aliphatic rings. The van der Waals surface area contributed by atoms with Gasteiger partial charge in [-0.25, -0.2) is 4.90 Å². The monoisotopic (exact) mass is 538 g/mol. The number of rotatable bonds is 4. The lowest BCUT2D eigenvalue weighted by molar-refractivity contribution is -0.119. The molecule has 0 saturated heterocycles. The normalized spacial score (nSPS) is 14.2. The number of amides is 2. The number of hydrogen-bond acceptors (Lipinski definition) is 4. The van der Waals surface area contributed by atoms with E-state index < -0.39 is 0 Å². The summed E-state index contributed by atoms with van der Waals surface area (Å²) in [6.45, 7) is 15.2. The van der Waals surface area contributed by atoms with Gasteiger partial charge in [-0.3, -0.25) is 9.59 Å².